The number of aromatic nitrogens is 2. The molecule has 0 saturated carbocycles. The predicted octanol–water partition coefficient (Wildman–Crippen LogP) is 2.20. The number of aryl methyl sites for hydroxylation is 1. The van der Waals surface area contributed by atoms with E-state index in [4.69, 9.17) is 4.74 Å². The summed E-state index contributed by atoms with van der Waals surface area (Å²) >= 11 is 0. The van der Waals surface area contributed by atoms with Crippen molar-refractivity contribution in [2.75, 3.05) is 55.7 Å². The molecule has 1 aromatic heterocycles. The normalized spacial score (nSPS) is 23.6. The molecular formula is C25H34N6O3S. The Hall–Kier alpha value is -2.43. The summed E-state index contributed by atoms with van der Waals surface area (Å²) in [5.74, 6) is 2.90. The summed E-state index contributed by atoms with van der Waals surface area (Å²) in [4.78, 5) is 13.8. The molecule has 5 heterocycles. The van der Waals surface area contributed by atoms with Gasteiger partial charge in [0.15, 0.2) is 9.84 Å². The number of nitrogens with one attached hydrogen (secondary N) is 2. The van der Waals surface area contributed by atoms with Crippen molar-refractivity contribution in [2.45, 2.75) is 50.0 Å². The van der Waals surface area contributed by atoms with Gasteiger partial charge in [-0.2, -0.15) is 0 Å². The molecule has 2 aromatic rings. The molecule has 4 aliphatic rings. The van der Waals surface area contributed by atoms with Crippen LogP contribution in [0.2, 0.25) is 0 Å². The van der Waals surface area contributed by atoms with Crippen molar-refractivity contribution in [1.29, 1.82) is 0 Å². The second-order valence-electron chi connectivity index (χ2n) is 10.5. The molecule has 6 rings (SSSR count). The Morgan fingerprint density at radius 2 is 1.89 bits per heavy atom. The Balaban J connectivity index is 1.23. The van der Waals surface area contributed by atoms with Gasteiger partial charge in [-0.15, -0.1) is 0 Å². The molecule has 2 N–H and O–H groups in total. The topological polar surface area (TPSA) is 99.7 Å². The van der Waals surface area contributed by atoms with Crippen LogP contribution in [0.5, 0.6) is 5.75 Å². The van der Waals surface area contributed by atoms with Crippen molar-refractivity contribution in [3.63, 3.8) is 0 Å². The molecule has 0 amide bonds. The highest BCUT2D eigenvalue weighted by Gasteiger charge is 2.34. The van der Waals surface area contributed by atoms with Gasteiger partial charge in [-0.05, 0) is 62.4 Å². The molecule has 1 unspecified atom stereocenters. The Labute approximate surface area is 207 Å². The van der Waals surface area contributed by atoms with Gasteiger partial charge in [-0.25, -0.2) is 18.4 Å². The van der Waals surface area contributed by atoms with Gasteiger partial charge in [-0.3, -0.25) is 4.90 Å². The van der Waals surface area contributed by atoms with Crippen LogP contribution in [-0.2, 0) is 16.4 Å². The molecule has 9 nitrogen and oxygen atoms in total. The second-order valence-corrected chi connectivity index (χ2v) is 12.8. The Morgan fingerprint density at radius 1 is 1.09 bits per heavy atom. The second kappa shape index (κ2) is 8.90. The number of hydrogen-bond acceptors (Lipinski definition) is 9. The van der Waals surface area contributed by atoms with E-state index >= 15 is 0 Å². The summed E-state index contributed by atoms with van der Waals surface area (Å²) in [5, 5.41) is 6.56. The monoisotopic (exact) mass is 498 g/mol. The molecule has 1 aromatic carbocycles. The molecule has 0 radical (unpaired) electrons. The Kier molecular flexibility index (Phi) is 5.85. The summed E-state index contributed by atoms with van der Waals surface area (Å²) in [6.45, 7) is 8.12. The molecule has 1 atom stereocenters. The molecule has 3 saturated heterocycles. The van der Waals surface area contributed by atoms with E-state index in [9.17, 15) is 8.42 Å². The van der Waals surface area contributed by atoms with Gasteiger partial charge in [0, 0.05) is 38.5 Å². The van der Waals surface area contributed by atoms with Crippen molar-refractivity contribution < 1.29 is 13.2 Å². The van der Waals surface area contributed by atoms with Crippen LogP contribution in [0.4, 0.5) is 17.3 Å². The number of ether oxygens (including phenoxy) is 1. The zero-order valence-electron chi connectivity index (χ0n) is 20.5. The maximum atomic E-state index is 12.1. The molecule has 10 heteroatoms. The third-order valence-corrected chi connectivity index (χ3v) is 9.76. The first-order chi connectivity index (χ1) is 16.9. The van der Waals surface area contributed by atoms with Crippen LogP contribution in [0.3, 0.4) is 0 Å². The molecule has 3 fully saturated rings. The molecule has 0 spiro atoms. The average Bonchev–Trinajstić information content (AvgIpc) is 3.21. The minimum Gasteiger partial charge on any atom is -0.486 e. The lowest BCUT2D eigenvalue weighted by atomic mass is 9.87. The average molecular weight is 499 g/mol. The van der Waals surface area contributed by atoms with Crippen molar-refractivity contribution in [1.82, 2.24) is 20.2 Å². The van der Waals surface area contributed by atoms with E-state index in [1.54, 1.807) is 6.33 Å². The van der Waals surface area contributed by atoms with Crippen LogP contribution in [-0.4, -0.2) is 80.1 Å². The van der Waals surface area contributed by atoms with Gasteiger partial charge < -0.3 is 20.3 Å². The van der Waals surface area contributed by atoms with E-state index in [0.717, 1.165) is 60.4 Å². The van der Waals surface area contributed by atoms with E-state index in [1.807, 2.05) is 0 Å². The van der Waals surface area contributed by atoms with Crippen LogP contribution in [0.15, 0.2) is 18.5 Å². The number of anilines is 3. The minimum atomic E-state index is -3.08. The van der Waals surface area contributed by atoms with Crippen molar-refractivity contribution in [2.24, 2.45) is 0 Å². The van der Waals surface area contributed by atoms with E-state index < -0.39 is 9.84 Å². The number of nitrogens with zero attached hydrogens (tertiary/aromatic N) is 4. The number of rotatable bonds is 4. The van der Waals surface area contributed by atoms with E-state index in [2.05, 4.69) is 49.5 Å². The summed E-state index contributed by atoms with van der Waals surface area (Å²) < 4.78 is 30.5. The van der Waals surface area contributed by atoms with Gasteiger partial charge >= 0.3 is 0 Å². The van der Waals surface area contributed by atoms with Crippen LogP contribution < -0.4 is 20.3 Å². The van der Waals surface area contributed by atoms with Crippen LogP contribution in [0.25, 0.3) is 0 Å². The SMILES string of the molecule is Cc1cc(C2CCN(C3CNC3)CC2)cc2c1OCc1c(ncnc1N1CCC(S(C)(=O)=O)C1)N2. The molecule has 188 valence electrons. The molecular weight excluding hydrogens is 464 g/mol. The zero-order chi connectivity index (χ0) is 24.2. The number of fused-ring (bicyclic) bond motifs is 2. The van der Waals surface area contributed by atoms with Crippen molar-refractivity contribution in [3.8, 4) is 5.75 Å². The molecule has 35 heavy (non-hydrogen) atoms. The standard InChI is InChI=1S/C25H34N6O3S/c1-16-9-18(17-3-6-30(7-4-17)19-11-26-12-19)10-22-23(16)34-14-21-24(29-22)27-15-28-25(21)31-8-5-20(13-31)35(2,32)33/h9-10,15,17,19-20,26H,3-8,11-14H2,1-2H3,(H,27,28,29). The van der Waals surface area contributed by atoms with Crippen molar-refractivity contribution in [3.05, 3.63) is 35.2 Å². The van der Waals surface area contributed by atoms with Crippen LogP contribution in [0, 0.1) is 6.92 Å². The fourth-order valence-corrected chi connectivity index (χ4v) is 6.89. The summed E-state index contributed by atoms with van der Waals surface area (Å²) in [6, 6.07) is 5.24. The van der Waals surface area contributed by atoms with Gasteiger partial charge in [0.1, 0.15) is 30.3 Å². The number of sulfone groups is 1. The molecule has 4 aliphatic heterocycles. The van der Waals surface area contributed by atoms with Gasteiger partial charge in [0.05, 0.1) is 16.5 Å². The largest absolute Gasteiger partial charge is 0.486 e. The fraction of sp³-hybridized carbons (Fsp3) is 0.600. The fourth-order valence-electron chi connectivity index (χ4n) is 5.91. The highest BCUT2D eigenvalue weighted by atomic mass is 32.2. The predicted molar refractivity (Wildman–Crippen MR) is 136 cm³/mol. The number of benzene rings is 1. The quantitative estimate of drug-likeness (QED) is 0.657. The summed E-state index contributed by atoms with van der Waals surface area (Å²) in [5.41, 5.74) is 4.30. The minimum absolute atomic E-state index is 0.347. The zero-order valence-corrected chi connectivity index (χ0v) is 21.3. The lowest BCUT2D eigenvalue weighted by Crippen LogP contribution is -2.58. The maximum Gasteiger partial charge on any atom is 0.152 e. The van der Waals surface area contributed by atoms with E-state index in [0.29, 0.717) is 38.1 Å². The maximum absolute atomic E-state index is 12.1. The van der Waals surface area contributed by atoms with Gasteiger partial charge in [0.25, 0.3) is 0 Å². The third kappa shape index (κ3) is 4.36. The third-order valence-electron chi connectivity index (χ3n) is 8.16. The van der Waals surface area contributed by atoms with Crippen LogP contribution >= 0.6 is 0 Å². The summed E-state index contributed by atoms with van der Waals surface area (Å²) in [6.07, 6.45) is 5.84. The Morgan fingerprint density at radius 3 is 2.57 bits per heavy atom. The first-order valence-electron chi connectivity index (χ1n) is 12.6. The van der Waals surface area contributed by atoms with E-state index in [-0.39, 0.29) is 5.25 Å². The van der Waals surface area contributed by atoms with Crippen molar-refractivity contribution >= 4 is 27.2 Å². The number of piperidine rings is 1. The highest BCUT2D eigenvalue weighted by molar-refractivity contribution is 7.91. The smallest absolute Gasteiger partial charge is 0.152 e. The number of likely N-dealkylation sites (tertiary alicyclic amines) is 1. The lowest BCUT2D eigenvalue weighted by Gasteiger charge is -2.42. The molecule has 0 aliphatic carbocycles. The van der Waals surface area contributed by atoms with Crippen LogP contribution in [0.1, 0.15) is 41.9 Å². The first-order valence-corrected chi connectivity index (χ1v) is 14.6. The summed E-state index contributed by atoms with van der Waals surface area (Å²) in [7, 11) is -3.08. The molecule has 0 bridgehead atoms. The highest BCUT2D eigenvalue weighted by Crippen LogP contribution is 2.42. The number of hydrogen-bond donors (Lipinski definition) is 2. The lowest BCUT2D eigenvalue weighted by molar-refractivity contribution is 0.113. The first kappa shape index (κ1) is 23.0. The van der Waals surface area contributed by atoms with E-state index in [1.165, 1.54) is 24.7 Å². The Bertz CT molecular complexity index is 1220. The van der Waals surface area contributed by atoms with Gasteiger partial charge in [0.2, 0.25) is 0 Å². The van der Waals surface area contributed by atoms with Gasteiger partial charge in [-0.1, -0.05) is 6.07 Å².